The summed E-state index contributed by atoms with van der Waals surface area (Å²) in [7, 11) is 0. The van der Waals surface area contributed by atoms with E-state index in [1.165, 1.54) is 0 Å². The van der Waals surface area contributed by atoms with Gasteiger partial charge in [-0.2, -0.15) is 5.10 Å². The Morgan fingerprint density at radius 2 is 1.88 bits per heavy atom. The number of amides is 1. The summed E-state index contributed by atoms with van der Waals surface area (Å²) in [4.78, 5) is 12.2. The largest absolute Gasteiger partial charge is 0.493 e. The van der Waals surface area contributed by atoms with Crippen LogP contribution in [0.25, 0.3) is 10.8 Å². The van der Waals surface area contributed by atoms with Crippen molar-refractivity contribution in [1.82, 2.24) is 5.43 Å². The van der Waals surface area contributed by atoms with Crippen LogP contribution in [0.2, 0.25) is 0 Å². The summed E-state index contributed by atoms with van der Waals surface area (Å²) < 4.78 is 6.42. The van der Waals surface area contributed by atoms with Gasteiger partial charge in [0.2, 0.25) is 0 Å². The third-order valence-electron chi connectivity index (χ3n) is 3.71. The number of halogens is 1. The number of hydrogen-bond acceptors (Lipinski definition) is 3. The lowest BCUT2D eigenvalue weighted by Crippen LogP contribution is -2.18. The first kappa shape index (κ1) is 17.2. The van der Waals surface area contributed by atoms with Gasteiger partial charge in [0.1, 0.15) is 5.75 Å². The third kappa shape index (κ3) is 3.88. The Kier molecular flexibility index (Phi) is 5.46. The Hall–Kier alpha value is -2.66. The minimum absolute atomic E-state index is 0.276. The first-order valence-corrected chi connectivity index (χ1v) is 8.72. The molecule has 3 aromatic carbocycles. The number of nitrogens with zero attached hydrogens (tertiary/aromatic N) is 1. The summed E-state index contributed by atoms with van der Waals surface area (Å²) in [5.74, 6) is 0.460. The average molecular weight is 397 g/mol. The maximum absolute atomic E-state index is 12.2. The van der Waals surface area contributed by atoms with Crippen molar-refractivity contribution in [2.75, 3.05) is 6.61 Å². The van der Waals surface area contributed by atoms with Gasteiger partial charge in [0.25, 0.3) is 5.91 Å². The van der Waals surface area contributed by atoms with Crippen LogP contribution in [0.15, 0.2) is 70.2 Å². The molecule has 25 heavy (non-hydrogen) atoms. The van der Waals surface area contributed by atoms with E-state index in [9.17, 15) is 4.79 Å². The molecular weight excluding hydrogens is 380 g/mol. The number of carbonyl (C=O) groups is 1. The van der Waals surface area contributed by atoms with Crippen molar-refractivity contribution in [3.05, 3.63) is 76.3 Å². The van der Waals surface area contributed by atoms with Crippen molar-refractivity contribution < 1.29 is 9.53 Å². The molecule has 0 saturated heterocycles. The minimum atomic E-state index is -0.276. The zero-order valence-electron chi connectivity index (χ0n) is 13.7. The molecule has 0 aromatic heterocycles. The summed E-state index contributed by atoms with van der Waals surface area (Å²) in [6.45, 7) is 2.49. The molecule has 3 aromatic rings. The molecule has 0 saturated carbocycles. The van der Waals surface area contributed by atoms with Gasteiger partial charge in [-0.1, -0.05) is 42.5 Å². The lowest BCUT2D eigenvalue weighted by atomic mass is 10.0. The van der Waals surface area contributed by atoms with E-state index in [2.05, 4.69) is 26.5 Å². The molecule has 0 aliphatic carbocycles. The van der Waals surface area contributed by atoms with Crippen LogP contribution in [-0.2, 0) is 0 Å². The quantitative estimate of drug-likeness (QED) is 0.498. The van der Waals surface area contributed by atoms with E-state index in [1.54, 1.807) is 18.3 Å². The molecule has 0 bridgehead atoms. The molecule has 3 rings (SSSR count). The van der Waals surface area contributed by atoms with E-state index in [0.717, 1.165) is 26.6 Å². The predicted molar refractivity (Wildman–Crippen MR) is 104 cm³/mol. The molecule has 0 aliphatic heterocycles. The highest BCUT2D eigenvalue weighted by atomic mass is 79.9. The van der Waals surface area contributed by atoms with E-state index in [-0.39, 0.29) is 5.91 Å². The summed E-state index contributed by atoms with van der Waals surface area (Å²) in [6, 6.07) is 19.1. The number of nitrogens with one attached hydrogen (secondary N) is 1. The van der Waals surface area contributed by atoms with E-state index in [0.29, 0.717) is 12.2 Å². The maximum Gasteiger partial charge on any atom is 0.272 e. The van der Waals surface area contributed by atoms with Gasteiger partial charge in [-0.05, 0) is 51.8 Å². The van der Waals surface area contributed by atoms with Crippen LogP contribution in [0.4, 0.5) is 0 Å². The van der Waals surface area contributed by atoms with E-state index >= 15 is 0 Å². The molecule has 0 unspecified atom stereocenters. The van der Waals surface area contributed by atoms with Gasteiger partial charge >= 0.3 is 0 Å². The summed E-state index contributed by atoms with van der Waals surface area (Å²) in [6.07, 6.45) is 1.63. The average Bonchev–Trinajstić information content (AvgIpc) is 2.63. The van der Waals surface area contributed by atoms with Gasteiger partial charge in [-0.3, -0.25) is 4.79 Å². The van der Waals surface area contributed by atoms with Gasteiger partial charge < -0.3 is 4.74 Å². The number of rotatable bonds is 5. The summed E-state index contributed by atoms with van der Waals surface area (Å²) >= 11 is 3.37. The van der Waals surface area contributed by atoms with Gasteiger partial charge in [0.15, 0.2) is 0 Å². The molecule has 5 heteroatoms. The lowest BCUT2D eigenvalue weighted by molar-refractivity contribution is 0.0954. The number of benzene rings is 3. The van der Waals surface area contributed by atoms with Crippen molar-refractivity contribution >= 4 is 38.8 Å². The van der Waals surface area contributed by atoms with Crippen molar-refractivity contribution in [3.8, 4) is 5.75 Å². The fourth-order valence-corrected chi connectivity index (χ4v) is 3.02. The van der Waals surface area contributed by atoms with Crippen LogP contribution in [0.1, 0.15) is 22.8 Å². The molecule has 0 atom stereocenters. The second kappa shape index (κ2) is 7.94. The number of ether oxygens (including phenoxy) is 1. The fourth-order valence-electron chi connectivity index (χ4n) is 2.55. The van der Waals surface area contributed by atoms with Crippen LogP contribution < -0.4 is 10.2 Å². The van der Waals surface area contributed by atoms with E-state index in [1.807, 2.05) is 55.5 Å². The highest BCUT2D eigenvalue weighted by molar-refractivity contribution is 9.10. The van der Waals surface area contributed by atoms with Crippen LogP contribution in [0, 0.1) is 0 Å². The minimum Gasteiger partial charge on any atom is -0.493 e. The van der Waals surface area contributed by atoms with Crippen molar-refractivity contribution in [2.24, 2.45) is 5.10 Å². The first-order valence-electron chi connectivity index (χ1n) is 7.93. The van der Waals surface area contributed by atoms with Crippen LogP contribution in [-0.4, -0.2) is 18.7 Å². The van der Waals surface area contributed by atoms with Crippen molar-refractivity contribution in [3.63, 3.8) is 0 Å². The standard InChI is InChI=1S/C20H17BrN2O2/c1-2-25-19-12-11-14-7-3-4-8-15(14)17(19)13-22-23-20(24)16-9-5-6-10-18(16)21/h3-13H,2H2,1H3,(H,23,24)/b22-13-. The molecule has 1 amide bonds. The maximum atomic E-state index is 12.2. The second-order valence-corrected chi connectivity index (χ2v) is 6.16. The number of hydrazone groups is 1. The number of carbonyl (C=O) groups excluding carboxylic acids is 1. The van der Waals surface area contributed by atoms with Crippen molar-refractivity contribution in [1.29, 1.82) is 0 Å². The van der Waals surface area contributed by atoms with Gasteiger partial charge in [0, 0.05) is 10.0 Å². The Balaban J connectivity index is 1.89. The topological polar surface area (TPSA) is 50.7 Å². The van der Waals surface area contributed by atoms with Gasteiger partial charge in [-0.15, -0.1) is 0 Å². The van der Waals surface area contributed by atoms with Crippen LogP contribution >= 0.6 is 15.9 Å². The molecule has 0 fully saturated rings. The zero-order valence-corrected chi connectivity index (χ0v) is 15.3. The van der Waals surface area contributed by atoms with Crippen LogP contribution in [0.3, 0.4) is 0 Å². The summed E-state index contributed by atoms with van der Waals surface area (Å²) in [5, 5.41) is 6.23. The summed E-state index contributed by atoms with van der Waals surface area (Å²) in [5.41, 5.74) is 3.94. The van der Waals surface area contributed by atoms with Gasteiger partial charge in [-0.25, -0.2) is 5.43 Å². The molecule has 4 nitrogen and oxygen atoms in total. The van der Waals surface area contributed by atoms with E-state index < -0.39 is 0 Å². The highest BCUT2D eigenvalue weighted by Crippen LogP contribution is 2.26. The van der Waals surface area contributed by atoms with Gasteiger partial charge in [0.05, 0.1) is 18.4 Å². The Labute approximate surface area is 154 Å². The smallest absolute Gasteiger partial charge is 0.272 e. The van der Waals surface area contributed by atoms with Crippen LogP contribution in [0.5, 0.6) is 5.75 Å². The Morgan fingerprint density at radius 3 is 2.68 bits per heavy atom. The third-order valence-corrected chi connectivity index (χ3v) is 4.40. The molecule has 126 valence electrons. The molecule has 0 radical (unpaired) electrons. The Bertz CT molecular complexity index is 938. The zero-order chi connectivity index (χ0) is 17.6. The van der Waals surface area contributed by atoms with E-state index in [4.69, 9.17) is 4.74 Å². The number of fused-ring (bicyclic) bond motifs is 1. The lowest BCUT2D eigenvalue weighted by Gasteiger charge is -2.10. The fraction of sp³-hybridized carbons (Fsp3) is 0.100. The second-order valence-electron chi connectivity index (χ2n) is 5.31. The van der Waals surface area contributed by atoms with Crippen molar-refractivity contribution in [2.45, 2.75) is 6.92 Å². The molecular formula is C20H17BrN2O2. The predicted octanol–water partition coefficient (Wildman–Crippen LogP) is 4.76. The molecule has 0 heterocycles. The first-order chi connectivity index (χ1) is 12.2. The monoisotopic (exact) mass is 396 g/mol. The number of hydrogen-bond donors (Lipinski definition) is 1. The molecule has 0 aliphatic rings. The molecule has 1 N–H and O–H groups in total. The Morgan fingerprint density at radius 1 is 1.12 bits per heavy atom. The normalized spacial score (nSPS) is 11.0. The molecule has 0 spiro atoms. The SMILES string of the molecule is CCOc1ccc2ccccc2c1/C=N\NC(=O)c1ccccc1Br. The highest BCUT2D eigenvalue weighted by Gasteiger charge is 2.09.